The largest absolute Gasteiger partial charge is 0.466 e. The monoisotopic (exact) mass is 404 g/mol. The van der Waals surface area contributed by atoms with Crippen LogP contribution >= 0.6 is 0 Å². The lowest BCUT2D eigenvalue weighted by Crippen LogP contribution is -2.36. The van der Waals surface area contributed by atoms with Gasteiger partial charge >= 0.3 is 0 Å². The number of aromatic nitrogens is 3. The van der Waals surface area contributed by atoms with Gasteiger partial charge in [0.1, 0.15) is 11.5 Å². The summed E-state index contributed by atoms with van der Waals surface area (Å²) in [6.07, 6.45) is 3.50. The van der Waals surface area contributed by atoms with E-state index in [4.69, 9.17) is 8.94 Å². The Labute approximate surface area is 174 Å². The zero-order valence-corrected chi connectivity index (χ0v) is 17.8. The minimum Gasteiger partial charge on any atom is -0.466 e. The summed E-state index contributed by atoms with van der Waals surface area (Å²) in [6.45, 7) is 10.0. The topological polar surface area (TPSA) is 85.3 Å². The van der Waals surface area contributed by atoms with Crippen molar-refractivity contribution >= 4 is 17.0 Å². The second-order valence-corrected chi connectivity index (χ2v) is 7.72. The number of hydrogen-bond donors (Lipinski definition) is 0. The number of fused-ring (bicyclic) bond motifs is 1. The third kappa shape index (κ3) is 3.58. The molecule has 7 nitrogen and oxygen atoms in total. The van der Waals surface area contributed by atoms with Crippen LogP contribution < -0.4 is 0 Å². The van der Waals surface area contributed by atoms with E-state index >= 15 is 0 Å². The standard InChI is InChI=1S/C23H24N4O3/c1-13(2)27(12-17-7-6-8-24-11-17)23(28)19-10-20(18-9-14(3)29-16(18)5)25-22-21(19)15(4)26-30-22/h6-11,13H,12H2,1-5H3. The van der Waals surface area contributed by atoms with Crippen LogP contribution in [-0.4, -0.2) is 32.0 Å². The Kier molecular flexibility index (Phi) is 5.11. The zero-order valence-electron chi connectivity index (χ0n) is 17.8. The molecule has 4 aromatic rings. The summed E-state index contributed by atoms with van der Waals surface area (Å²) < 4.78 is 11.1. The van der Waals surface area contributed by atoms with Gasteiger partial charge in [-0.15, -0.1) is 0 Å². The fourth-order valence-electron chi connectivity index (χ4n) is 3.62. The number of hydrogen-bond acceptors (Lipinski definition) is 6. The summed E-state index contributed by atoms with van der Waals surface area (Å²) in [5.74, 6) is 1.42. The van der Waals surface area contributed by atoms with Gasteiger partial charge in [0, 0.05) is 30.5 Å². The van der Waals surface area contributed by atoms with Gasteiger partial charge in [-0.2, -0.15) is 0 Å². The number of aryl methyl sites for hydroxylation is 3. The lowest BCUT2D eigenvalue weighted by atomic mass is 10.0. The number of amides is 1. The van der Waals surface area contributed by atoms with E-state index in [9.17, 15) is 4.79 Å². The minimum absolute atomic E-state index is 0.0116. The average molecular weight is 404 g/mol. The van der Waals surface area contributed by atoms with Gasteiger partial charge in [-0.3, -0.25) is 9.78 Å². The highest BCUT2D eigenvalue weighted by atomic mass is 16.5. The van der Waals surface area contributed by atoms with Crippen LogP contribution in [0.2, 0.25) is 0 Å². The SMILES string of the molecule is Cc1cc(-c2cc(C(=O)N(Cc3cccnc3)C(C)C)c3c(C)noc3n2)c(C)o1. The number of rotatable bonds is 5. The Morgan fingerprint density at radius 3 is 2.63 bits per heavy atom. The molecule has 0 unspecified atom stereocenters. The van der Waals surface area contributed by atoms with Crippen molar-refractivity contribution in [1.82, 2.24) is 20.0 Å². The van der Waals surface area contributed by atoms with Gasteiger partial charge < -0.3 is 13.8 Å². The van der Waals surface area contributed by atoms with Crippen LogP contribution in [0.3, 0.4) is 0 Å². The van der Waals surface area contributed by atoms with Gasteiger partial charge in [-0.1, -0.05) is 11.2 Å². The Bertz CT molecular complexity index is 1210. The molecule has 0 aliphatic rings. The van der Waals surface area contributed by atoms with Crippen molar-refractivity contribution in [2.45, 2.75) is 47.2 Å². The fraction of sp³-hybridized carbons (Fsp3) is 0.304. The van der Waals surface area contributed by atoms with Gasteiger partial charge in [0.2, 0.25) is 0 Å². The molecular weight excluding hydrogens is 380 g/mol. The van der Waals surface area contributed by atoms with Crippen molar-refractivity contribution in [2.24, 2.45) is 0 Å². The highest BCUT2D eigenvalue weighted by Gasteiger charge is 2.26. The van der Waals surface area contributed by atoms with Crippen LogP contribution in [0.5, 0.6) is 0 Å². The van der Waals surface area contributed by atoms with Gasteiger partial charge in [-0.25, -0.2) is 4.98 Å². The van der Waals surface area contributed by atoms with E-state index in [0.29, 0.717) is 34.6 Å². The summed E-state index contributed by atoms with van der Waals surface area (Å²) in [4.78, 5) is 24.3. The molecule has 30 heavy (non-hydrogen) atoms. The third-order valence-corrected chi connectivity index (χ3v) is 5.12. The van der Waals surface area contributed by atoms with Crippen molar-refractivity contribution in [3.63, 3.8) is 0 Å². The predicted molar refractivity (Wildman–Crippen MR) is 113 cm³/mol. The van der Waals surface area contributed by atoms with E-state index in [-0.39, 0.29) is 11.9 Å². The Morgan fingerprint density at radius 2 is 2.00 bits per heavy atom. The van der Waals surface area contributed by atoms with Gasteiger partial charge in [0.05, 0.1) is 22.3 Å². The molecule has 0 saturated heterocycles. The average Bonchev–Trinajstić information content (AvgIpc) is 3.27. The van der Waals surface area contributed by atoms with Crippen LogP contribution in [0.25, 0.3) is 22.4 Å². The van der Waals surface area contributed by atoms with Crippen molar-refractivity contribution < 1.29 is 13.7 Å². The molecule has 4 aromatic heterocycles. The second-order valence-electron chi connectivity index (χ2n) is 7.72. The highest BCUT2D eigenvalue weighted by molar-refractivity contribution is 6.07. The molecule has 0 aromatic carbocycles. The first-order chi connectivity index (χ1) is 14.3. The molecule has 154 valence electrons. The third-order valence-electron chi connectivity index (χ3n) is 5.12. The molecule has 1 amide bonds. The maximum atomic E-state index is 13.7. The maximum Gasteiger partial charge on any atom is 0.259 e. The molecule has 7 heteroatoms. The minimum atomic E-state index is -0.105. The Morgan fingerprint density at radius 1 is 1.20 bits per heavy atom. The molecule has 4 heterocycles. The Hall–Kier alpha value is -3.48. The normalized spacial score (nSPS) is 11.4. The van der Waals surface area contributed by atoms with Crippen molar-refractivity contribution in [1.29, 1.82) is 0 Å². The summed E-state index contributed by atoms with van der Waals surface area (Å²) in [5.41, 5.74) is 3.93. The summed E-state index contributed by atoms with van der Waals surface area (Å²) >= 11 is 0. The summed E-state index contributed by atoms with van der Waals surface area (Å²) in [5, 5.41) is 4.69. The molecule has 0 aliphatic carbocycles. The van der Waals surface area contributed by atoms with Crippen molar-refractivity contribution in [3.8, 4) is 11.3 Å². The fourth-order valence-corrected chi connectivity index (χ4v) is 3.62. The van der Waals surface area contributed by atoms with E-state index in [0.717, 1.165) is 22.6 Å². The van der Waals surface area contributed by atoms with Gasteiger partial charge in [0.15, 0.2) is 0 Å². The van der Waals surface area contributed by atoms with E-state index in [1.54, 1.807) is 12.4 Å². The van der Waals surface area contributed by atoms with Gasteiger partial charge in [0.25, 0.3) is 11.6 Å². The number of nitrogens with zero attached hydrogens (tertiary/aromatic N) is 4. The maximum absolute atomic E-state index is 13.7. The molecule has 0 atom stereocenters. The van der Waals surface area contributed by atoms with Crippen LogP contribution in [0.4, 0.5) is 0 Å². The number of carbonyl (C=O) groups is 1. The lowest BCUT2D eigenvalue weighted by Gasteiger charge is -2.27. The first kappa shape index (κ1) is 19.8. The summed E-state index contributed by atoms with van der Waals surface area (Å²) in [6, 6.07) is 7.55. The first-order valence-electron chi connectivity index (χ1n) is 9.89. The summed E-state index contributed by atoms with van der Waals surface area (Å²) in [7, 11) is 0. The molecule has 0 bridgehead atoms. The van der Waals surface area contributed by atoms with Crippen LogP contribution in [-0.2, 0) is 6.54 Å². The quantitative estimate of drug-likeness (QED) is 0.472. The van der Waals surface area contributed by atoms with E-state index < -0.39 is 0 Å². The van der Waals surface area contributed by atoms with Crippen LogP contribution in [0, 0.1) is 20.8 Å². The number of furan rings is 1. The van der Waals surface area contributed by atoms with E-state index in [1.807, 2.05) is 63.8 Å². The first-order valence-corrected chi connectivity index (χ1v) is 9.89. The molecular formula is C23H24N4O3. The van der Waals surface area contributed by atoms with E-state index in [1.165, 1.54) is 0 Å². The van der Waals surface area contributed by atoms with Crippen LogP contribution in [0.15, 0.2) is 45.6 Å². The van der Waals surface area contributed by atoms with E-state index in [2.05, 4.69) is 15.1 Å². The highest BCUT2D eigenvalue weighted by Crippen LogP contribution is 2.31. The second kappa shape index (κ2) is 7.74. The lowest BCUT2D eigenvalue weighted by molar-refractivity contribution is 0.0692. The Balaban J connectivity index is 1.84. The molecule has 0 N–H and O–H groups in total. The molecule has 0 spiro atoms. The molecule has 0 aliphatic heterocycles. The molecule has 0 fully saturated rings. The van der Waals surface area contributed by atoms with Crippen molar-refractivity contribution in [2.75, 3.05) is 0 Å². The predicted octanol–water partition coefficient (Wildman–Crippen LogP) is 4.85. The molecule has 4 rings (SSSR count). The smallest absolute Gasteiger partial charge is 0.259 e. The number of pyridine rings is 2. The van der Waals surface area contributed by atoms with Crippen LogP contribution in [0.1, 0.15) is 47.0 Å². The molecule has 0 saturated carbocycles. The number of carbonyl (C=O) groups excluding carboxylic acids is 1. The molecule has 0 radical (unpaired) electrons. The zero-order chi connectivity index (χ0) is 21.4. The van der Waals surface area contributed by atoms with Gasteiger partial charge in [-0.05, 0) is 58.4 Å². The van der Waals surface area contributed by atoms with Crippen molar-refractivity contribution in [3.05, 3.63) is 65.0 Å².